The predicted octanol–water partition coefficient (Wildman–Crippen LogP) is 0.558. The van der Waals surface area contributed by atoms with E-state index in [0.29, 0.717) is 5.65 Å². The summed E-state index contributed by atoms with van der Waals surface area (Å²) in [6.07, 6.45) is 2.45. The molecule has 0 bridgehead atoms. The Morgan fingerprint density at radius 3 is 2.69 bits per heavy atom. The fourth-order valence-corrected chi connectivity index (χ4v) is 1.56. The largest absolute Gasteiger partial charge is 0.327 e. The normalized spacial score (nSPS) is 12.2. The van der Waals surface area contributed by atoms with Crippen molar-refractivity contribution in [3.8, 4) is 0 Å². The molecule has 0 atom stereocenters. The minimum absolute atomic E-state index is 0.189. The molecule has 0 aromatic carbocycles. The Morgan fingerprint density at radius 2 is 2.06 bits per heavy atom. The Balaban J connectivity index is 2.84. The van der Waals surface area contributed by atoms with E-state index in [1.807, 2.05) is 25.3 Å². The van der Waals surface area contributed by atoms with Crippen LogP contribution in [0.3, 0.4) is 0 Å². The van der Waals surface area contributed by atoms with Gasteiger partial charge < -0.3 is 4.57 Å². The molecule has 0 saturated carbocycles. The summed E-state index contributed by atoms with van der Waals surface area (Å²) in [5.74, 6) is 0. The Morgan fingerprint density at radius 1 is 1.38 bits per heavy atom. The molecule has 2 N–H and O–H groups in total. The molecule has 6 nitrogen and oxygen atoms in total. The summed E-state index contributed by atoms with van der Waals surface area (Å²) in [5, 5.41) is 0. The topological polar surface area (TPSA) is 83.5 Å². The van der Waals surface area contributed by atoms with Crippen molar-refractivity contribution in [3.63, 3.8) is 0 Å². The van der Waals surface area contributed by atoms with E-state index in [1.165, 1.54) is 0 Å². The zero-order valence-corrected chi connectivity index (χ0v) is 9.50. The van der Waals surface area contributed by atoms with Gasteiger partial charge in [0.15, 0.2) is 5.52 Å². The van der Waals surface area contributed by atoms with Crippen LogP contribution in [0, 0.1) is 0 Å². The van der Waals surface area contributed by atoms with E-state index in [4.69, 9.17) is 0 Å². The van der Waals surface area contributed by atoms with Crippen LogP contribution >= 0.6 is 0 Å². The molecule has 0 spiro atoms. The van der Waals surface area contributed by atoms with Crippen LogP contribution < -0.4 is 11.2 Å². The number of nitrogens with zero attached hydrogens (tertiary/aromatic N) is 2. The molecule has 2 heterocycles. The molecule has 86 valence electrons. The van der Waals surface area contributed by atoms with Crippen molar-refractivity contribution >= 4 is 11.2 Å². The molecule has 0 saturated heterocycles. The van der Waals surface area contributed by atoms with Crippen LogP contribution in [0.4, 0.5) is 0 Å². The van der Waals surface area contributed by atoms with Gasteiger partial charge in [0.1, 0.15) is 5.65 Å². The highest BCUT2D eigenvalue weighted by Gasteiger charge is 2.21. The molecule has 6 heteroatoms. The van der Waals surface area contributed by atoms with Crippen molar-refractivity contribution in [1.29, 1.82) is 0 Å². The van der Waals surface area contributed by atoms with Gasteiger partial charge in [0.2, 0.25) is 0 Å². The molecule has 2 aromatic heterocycles. The van der Waals surface area contributed by atoms with E-state index in [0.717, 1.165) is 6.42 Å². The fraction of sp³-hybridized carbons (Fsp3) is 0.500. The van der Waals surface area contributed by atoms with Crippen molar-refractivity contribution in [1.82, 2.24) is 19.5 Å². The van der Waals surface area contributed by atoms with E-state index < -0.39 is 11.2 Å². The van der Waals surface area contributed by atoms with Crippen molar-refractivity contribution in [3.05, 3.63) is 27.2 Å². The number of aromatic nitrogens is 4. The van der Waals surface area contributed by atoms with Crippen LogP contribution in [-0.2, 0) is 5.54 Å². The third-order valence-electron chi connectivity index (χ3n) is 2.96. The summed E-state index contributed by atoms with van der Waals surface area (Å²) in [7, 11) is 0. The number of nitrogens with one attached hydrogen (secondary N) is 2. The Bertz CT molecular complexity index is 632. The summed E-state index contributed by atoms with van der Waals surface area (Å²) in [6.45, 7) is 6.08. The van der Waals surface area contributed by atoms with Crippen LogP contribution in [0.15, 0.2) is 15.9 Å². The second kappa shape index (κ2) is 3.33. The third kappa shape index (κ3) is 1.46. The lowest BCUT2D eigenvalue weighted by atomic mass is 10.0. The Hall–Kier alpha value is -1.85. The predicted molar refractivity (Wildman–Crippen MR) is 60.6 cm³/mol. The first-order valence-corrected chi connectivity index (χ1v) is 5.16. The first-order chi connectivity index (χ1) is 7.45. The average molecular weight is 222 g/mol. The maximum atomic E-state index is 11.5. The molecule has 0 amide bonds. The van der Waals surface area contributed by atoms with E-state index >= 15 is 0 Å². The highest BCUT2D eigenvalue weighted by atomic mass is 16.2. The number of hydrogen-bond donors (Lipinski definition) is 2. The fourth-order valence-electron chi connectivity index (χ4n) is 1.56. The maximum Gasteiger partial charge on any atom is 0.327 e. The summed E-state index contributed by atoms with van der Waals surface area (Å²) < 4.78 is 1.82. The zero-order valence-electron chi connectivity index (χ0n) is 9.50. The number of fused-ring (bicyclic) bond motifs is 1. The van der Waals surface area contributed by atoms with Crippen LogP contribution in [-0.4, -0.2) is 19.5 Å². The summed E-state index contributed by atoms with van der Waals surface area (Å²) in [6, 6.07) is 0. The van der Waals surface area contributed by atoms with Crippen LogP contribution in [0.25, 0.3) is 11.2 Å². The van der Waals surface area contributed by atoms with Gasteiger partial charge in [-0.15, -0.1) is 0 Å². The minimum Gasteiger partial charge on any atom is -0.311 e. The first-order valence-electron chi connectivity index (χ1n) is 5.16. The number of rotatable bonds is 2. The Labute approximate surface area is 91.3 Å². The number of hydrogen-bond acceptors (Lipinski definition) is 3. The van der Waals surface area contributed by atoms with Gasteiger partial charge in [-0.05, 0) is 20.3 Å². The second-order valence-electron chi connectivity index (χ2n) is 4.39. The minimum atomic E-state index is -0.508. The molecule has 0 unspecified atom stereocenters. The van der Waals surface area contributed by atoms with Gasteiger partial charge in [0, 0.05) is 5.54 Å². The standard InChI is InChI=1S/C10H14N4O2/c1-4-10(2,3)14-5-11-6-7(14)12-9(16)13-8(6)15/h5H,4H2,1-3H3,(H2,12,13,15,16). The molecular formula is C10H14N4O2. The molecule has 0 aliphatic heterocycles. The van der Waals surface area contributed by atoms with Crippen LogP contribution in [0.5, 0.6) is 0 Å². The molecular weight excluding hydrogens is 208 g/mol. The average Bonchev–Trinajstić information content (AvgIpc) is 2.62. The van der Waals surface area contributed by atoms with Crippen molar-refractivity contribution in [2.45, 2.75) is 32.7 Å². The van der Waals surface area contributed by atoms with Crippen molar-refractivity contribution in [2.75, 3.05) is 0 Å². The van der Waals surface area contributed by atoms with E-state index in [-0.39, 0.29) is 11.1 Å². The second-order valence-corrected chi connectivity index (χ2v) is 4.39. The highest BCUT2D eigenvalue weighted by molar-refractivity contribution is 5.69. The van der Waals surface area contributed by atoms with E-state index in [9.17, 15) is 9.59 Å². The number of aromatic amines is 2. The van der Waals surface area contributed by atoms with Crippen molar-refractivity contribution in [2.24, 2.45) is 0 Å². The maximum absolute atomic E-state index is 11.5. The lowest BCUT2D eigenvalue weighted by molar-refractivity contribution is 0.350. The zero-order chi connectivity index (χ0) is 11.9. The van der Waals surface area contributed by atoms with Crippen LogP contribution in [0.2, 0.25) is 0 Å². The summed E-state index contributed by atoms with van der Waals surface area (Å²) >= 11 is 0. The highest BCUT2D eigenvalue weighted by Crippen LogP contribution is 2.21. The molecule has 2 aromatic rings. The van der Waals surface area contributed by atoms with Crippen molar-refractivity contribution < 1.29 is 0 Å². The lowest BCUT2D eigenvalue weighted by Gasteiger charge is -2.25. The van der Waals surface area contributed by atoms with Gasteiger partial charge in [-0.3, -0.25) is 14.8 Å². The van der Waals surface area contributed by atoms with Gasteiger partial charge in [0.25, 0.3) is 5.56 Å². The SMILES string of the molecule is CCC(C)(C)n1cnc2c(=O)[nH]c(=O)[nH]c21. The molecule has 0 aliphatic carbocycles. The molecule has 16 heavy (non-hydrogen) atoms. The van der Waals surface area contributed by atoms with Gasteiger partial charge >= 0.3 is 5.69 Å². The molecule has 0 fully saturated rings. The van der Waals surface area contributed by atoms with E-state index in [1.54, 1.807) is 6.33 Å². The molecule has 0 radical (unpaired) electrons. The van der Waals surface area contributed by atoms with Gasteiger partial charge in [-0.1, -0.05) is 6.92 Å². The monoisotopic (exact) mass is 222 g/mol. The summed E-state index contributed by atoms with van der Waals surface area (Å²) in [5.41, 5.74) is -0.414. The van der Waals surface area contributed by atoms with Gasteiger partial charge in [-0.2, -0.15) is 0 Å². The first kappa shape index (κ1) is 10.7. The van der Waals surface area contributed by atoms with Crippen LogP contribution in [0.1, 0.15) is 27.2 Å². The molecule has 2 rings (SSSR count). The van der Waals surface area contributed by atoms with Gasteiger partial charge in [0.05, 0.1) is 6.33 Å². The Kier molecular flexibility index (Phi) is 2.22. The van der Waals surface area contributed by atoms with Gasteiger partial charge in [-0.25, -0.2) is 9.78 Å². The van der Waals surface area contributed by atoms with E-state index in [2.05, 4.69) is 15.0 Å². The number of imidazole rings is 1. The summed E-state index contributed by atoms with van der Waals surface area (Å²) in [4.78, 5) is 31.5. The molecule has 0 aliphatic rings. The number of H-pyrrole nitrogens is 2. The quantitative estimate of drug-likeness (QED) is 0.778. The lowest BCUT2D eigenvalue weighted by Crippen LogP contribution is -2.28. The smallest absolute Gasteiger partial charge is 0.311 e. The third-order valence-corrected chi connectivity index (χ3v) is 2.96.